The van der Waals surface area contributed by atoms with Gasteiger partial charge in [-0.25, -0.2) is 17.6 Å². The van der Waals surface area contributed by atoms with E-state index in [2.05, 4.69) is 0 Å². The molecule has 2 N–H and O–H groups in total. The van der Waals surface area contributed by atoms with Gasteiger partial charge in [0.1, 0.15) is 6.61 Å². The molecule has 0 saturated carbocycles. The lowest BCUT2D eigenvalue weighted by Crippen LogP contribution is -2.39. The molecule has 0 heterocycles. The van der Waals surface area contributed by atoms with Crippen molar-refractivity contribution in [2.75, 3.05) is 13.2 Å². The van der Waals surface area contributed by atoms with E-state index in [0.29, 0.717) is 0 Å². The molecule has 7 heteroatoms. The molecule has 0 bridgehead atoms. The first-order chi connectivity index (χ1) is 7.87. The van der Waals surface area contributed by atoms with Crippen molar-refractivity contribution in [2.45, 2.75) is 5.92 Å². The average Bonchev–Trinajstić information content (AvgIpc) is 2.30. The molecule has 17 heavy (non-hydrogen) atoms. The summed E-state index contributed by atoms with van der Waals surface area (Å²) in [4.78, 5) is 11.2. The summed E-state index contributed by atoms with van der Waals surface area (Å²) < 4.78 is 51.0. The molecule has 0 spiro atoms. The number of aliphatic hydroxyl groups excluding tert-OH is 1. The molecule has 0 atom stereocenters. The molecule has 1 rings (SSSR count). The molecular formula is C10H9F4NO2. The fourth-order valence-corrected chi connectivity index (χ4v) is 1.04. The van der Waals surface area contributed by atoms with Crippen molar-refractivity contribution < 1.29 is 27.5 Å². The SMILES string of the molecule is O=C(NCC(F)(F)CO)c1cccc(F)c1F. The van der Waals surface area contributed by atoms with E-state index in [-0.39, 0.29) is 0 Å². The van der Waals surface area contributed by atoms with E-state index >= 15 is 0 Å². The molecule has 0 unspecified atom stereocenters. The molecule has 1 aromatic carbocycles. The van der Waals surface area contributed by atoms with Crippen LogP contribution in [0.25, 0.3) is 0 Å². The smallest absolute Gasteiger partial charge is 0.287 e. The van der Waals surface area contributed by atoms with Crippen LogP contribution in [0.4, 0.5) is 17.6 Å². The number of hydrogen-bond donors (Lipinski definition) is 2. The normalized spacial score (nSPS) is 11.4. The van der Waals surface area contributed by atoms with Gasteiger partial charge in [0.2, 0.25) is 0 Å². The molecule has 0 aromatic heterocycles. The Bertz CT molecular complexity index is 423. The fourth-order valence-electron chi connectivity index (χ4n) is 1.04. The van der Waals surface area contributed by atoms with Crippen LogP contribution >= 0.6 is 0 Å². The van der Waals surface area contributed by atoms with Gasteiger partial charge in [-0.1, -0.05) is 6.07 Å². The van der Waals surface area contributed by atoms with Gasteiger partial charge in [-0.2, -0.15) is 0 Å². The van der Waals surface area contributed by atoms with Crippen LogP contribution in [0.1, 0.15) is 10.4 Å². The number of alkyl halides is 2. The van der Waals surface area contributed by atoms with Gasteiger partial charge < -0.3 is 10.4 Å². The lowest BCUT2D eigenvalue weighted by molar-refractivity contribution is -0.0462. The number of carbonyl (C=O) groups is 1. The summed E-state index contributed by atoms with van der Waals surface area (Å²) >= 11 is 0. The van der Waals surface area contributed by atoms with Gasteiger partial charge in [0.15, 0.2) is 11.6 Å². The third-order valence-electron chi connectivity index (χ3n) is 1.94. The lowest BCUT2D eigenvalue weighted by atomic mass is 10.2. The first-order valence-corrected chi connectivity index (χ1v) is 4.58. The zero-order chi connectivity index (χ0) is 13.1. The number of halogens is 4. The van der Waals surface area contributed by atoms with Gasteiger partial charge in [0, 0.05) is 0 Å². The summed E-state index contributed by atoms with van der Waals surface area (Å²) in [5.74, 6) is -7.32. The van der Waals surface area contributed by atoms with Crippen LogP contribution in [0.15, 0.2) is 18.2 Å². The van der Waals surface area contributed by atoms with E-state index in [0.717, 1.165) is 18.2 Å². The Morgan fingerprint density at radius 2 is 2.00 bits per heavy atom. The summed E-state index contributed by atoms with van der Waals surface area (Å²) in [6.45, 7) is -2.60. The highest BCUT2D eigenvalue weighted by molar-refractivity contribution is 5.94. The number of aliphatic hydroxyl groups is 1. The first kappa shape index (κ1) is 13.4. The fraction of sp³-hybridized carbons (Fsp3) is 0.300. The highest BCUT2D eigenvalue weighted by atomic mass is 19.3. The molecule has 0 aliphatic rings. The third-order valence-corrected chi connectivity index (χ3v) is 1.94. The van der Waals surface area contributed by atoms with Crippen LogP contribution in [0.2, 0.25) is 0 Å². The minimum atomic E-state index is -3.50. The maximum Gasteiger partial charge on any atom is 0.287 e. The van der Waals surface area contributed by atoms with Crippen molar-refractivity contribution in [2.24, 2.45) is 0 Å². The number of carbonyl (C=O) groups excluding carboxylic acids is 1. The molecule has 0 aliphatic heterocycles. The number of amides is 1. The Hall–Kier alpha value is -1.63. The van der Waals surface area contributed by atoms with Gasteiger partial charge in [-0.15, -0.1) is 0 Å². The van der Waals surface area contributed by atoms with Gasteiger partial charge in [-0.05, 0) is 12.1 Å². The van der Waals surface area contributed by atoms with Crippen molar-refractivity contribution in [1.29, 1.82) is 0 Å². The number of nitrogens with one attached hydrogen (secondary N) is 1. The molecule has 0 fully saturated rings. The Kier molecular flexibility index (Phi) is 4.06. The summed E-state index contributed by atoms with van der Waals surface area (Å²) in [5.41, 5.74) is -0.668. The largest absolute Gasteiger partial charge is 0.390 e. The van der Waals surface area contributed by atoms with Crippen LogP contribution in [0.5, 0.6) is 0 Å². The second-order valence-corrected chi connectivity index (χ2v) is 3.30. The topological polar surface area (TPSA) is 49.3 Å². The monoisotopic (exact) mass is 251 g/mol. The molecule has 0 radical (unpaired) electrons. The Morgan fingerprint density at radius 3 is 2.59 bits per heavy atom. The maximum atomic E-state index is 13.1. The Balaban J connectivity index is 2.74. The second-order valence-electron chi connectivity index (χ2n) is 3.30. The van der Waals surface area contributed by atoms with Crippen molar-refractivity contribution in [3.63, 3.8) is 0 Å². The van der Waals surface area contributed by atoms with E-state index in [9.17, 15) is 22.4 Å². The predicted molar refractivity (Wildman–Crippen MR) is 50.7 cm³/mol. The van der Waals surface area contributed by atoms with E-state index < -0.39 is 42.2 Å². The van der Waals surface area contributed by atoms with Crippen molar-refractivity contribution in [3.05, 3.63) is 35.4 Å². The third kappa shape index (κ3) is 3.42. The van der Waals surface area contributed by atoms with E-state index in [1.54, 1.807) is 5.32 Å². The van der Waals surface area contributed by atoms with Gasteiger partial charge in [0.25, 0.3) is 11.8 Å². The van der Waals surface area contributed by atoms with Crippen LogP contribution in [-0.2, 0) is 0 Å². The second kappa shape index (κ2) is 5.13. The zero-order valence-electron chi connectivity index (χ0n) is 8.51. The van der Waals surface area contributed by atoms with Crippen LogP contribution in [0.3, 0.4) is 0 Å². The summed E-state index contributed by atoms with van der Waals surface area (Å²) in [7, 11) is 0. The van der Waals surface area contributed by atoms with E-state index in [1.807, 2.05) is 0 Å². The summed E-state index contributed by atoms with van der Waals surface area (Å²) in [6.07, 6.45) is 0. The van der Waals surface area contributed by atoms with Crippen LogP contribution < -0.4 is 5.32 Å². The van der Waals surface area contributed by atoms with Gasteiger partial charge in [0.05, 0.1) is 12.1 Å². The van der Waals surface area contributed by atoms with Crippen LogP contribution in [-0.4, -0.2) is 30.1 Å². The molecular weight excluding hydrogens is 242 g/mol. The van der Waals surface area contributed by atoms with Crippen molar-refractivity contribution in [1.82, 2.24) is 5.32 Å². The molecule has 0 aliphatic carbocycles. The van der Waals surface area contributed by atoms with E-state index in [4.69, 9.17) is 5.11 Å². The molecule has 0 saturated heterocycles. The summed E-state index contributed by atoms with van der Waals surface area (Å²) in [5, 5.41) is 9.94. The maximum absolute atomic E-state index is 13.1. The van der Waals surface area contributed by atoms with Gasteiger partial charge >= 0.3 is 0 Å². The highest BCUT2D eigenvalue weighted by Crippen LogP contribution is 2.13. The zero-order valence-corrected chi connectivity index (χ0v) is 8.51. The van der Waals surface area contributed by atoms with Crippen molar-refractivity contribution >= 4 is 5.91 Å². The van der Waals surface area contributed by atoms with Gasteiger partial charge in [-0.3, -0.25) is 4.79 Å². The molecule has 1 aromatic rings. The average molecular weight is 251 g/mol. The number of hydrogen-bond acceptors (Lipinski definition) is 2. The van der Waals surface area contributed by atoms with Crippen LogP contribution in [0, 0.1) is 11.6 Å². The number of rotatable bonds is 4. The van der Waals surface area contributed by atoms with E-state index in [1.165, 1.54) is 0 Å². The quantitative estimate of drug-likeness (QED) is 0.793. The number of benzene rings is 1. The summed E-state index contributed by atoms with van der Waals surface area (Å²) in [6, 6.07) is 2.84. The molecule has 1 amide bonds. The minimum Gasteiger partial charge on any atom is -0.390 e. The Labute approximate surface area is 94.1 Å². The Morgan fingerprint density at radius 1 is 1.35 bits per heavy atom. The standard InChI is InChI=1S/C10H9F4NO2/c11-7-3-1-2-6(8(7)12)9(17)15-4-10(13,14)5-16/h1-3,16H,4-5H2,(H,15,17). The lowest BCUT2D eigenvalue weighted by Gasteiger charge is -2.14. The minimum absolute atomic E-state index is 0.668. The molecule has 94 valence electrons. The predicted octanol–water partition coefficient (Wildman–Crippen LogP) is 1.32. The van der Waals surface area contributed by atoms with Crippen molar-refractivity contribution in [3.8, 4) is 0 Å². The highest BCUT2D eigenvalue weighted by Gasteiger charge is 2.28. The first-order valence-electron chi connectivity index (χ1n) is 4.58. The molecule has 3 nitrogen and oxygen atoms in total.